The van der Waals surface area contributed by atoms with Crippen LogP contribution in [0, 0.1) is 17.6 Å². The molecule has 27 heavy (non-hydrogen) atoms. The number of aromatic amines is 1. The predicted octanol–water partition coefficient (Wildman–Crippen LogP) is 5.12. The second-order valence-electron chi connectivity index (χ2n) is 6.54. The fourth-order valence-corrected chi connectivity index (χ4v) is 2.94. The van der Waals surface area contributed by atoms with Gasteiger partial charge in [0.1, 0.15) is 17.4 Å². The topological polar surface area (TPSA) is 62.0 Å². The predicted molar refractivity (Wildman–Crippen MR) is 101 cm³/mol. The number of para-hydroxylation sites is 1. The summed E-state index contributed by atoms with van der Waals surface area (Å²) in [4.78, 5) is 27.1. The van der Waals surface area contributed by atoms with E-state index in [1.54, 1.807) is 19.9 Å². The highest BCUT2D eigenvalue weighted by Gasteiger charge is 2.18. The number of hydrogen-bond donors (Lipinski definition) is 2. The van der Waals surface area contributed by atoms with Gasteiger partial charge in [0, 0.05) is 23.9 Å². The molecule has 0 aliphatic rings. The van der Waals surface area contributed by atoms with Crippen LogP contribution in [0.2, 0.25) is 5.02 Å². The first-order chi connectivity index (χ1) is 12.8. The van der Waals surface area contributed by atoms with Crippen LogP contribution in [0.4, 0.5) is 14.5 Å². The lowest BCUT2D eigenvalue weighted by atomic mass is 10.0. The lowest BCUT2D eigenvalue weighted by molar-refractivity contribution is -0.121. The molecule has 7 heteroatoms. The third kappa shape index (κ3) is 3.85. The van der Waals surface area contributed by atoms with E-state index in [2.05, 4.69) is 10.3 Å². The number of benzene rings is 2. The first-order valence-electron chi connectivity index (χ1n) is 8.35. The van der Waals surface area contributed by atoms with Crippen molar-refractivity contribution in [3.05, 3.63) is 64.3 Å². The number of ketones is 1. The van der Waals surface area contributed by atoms with Gasteiger partial charge in [0.15, 0.2) is 0 Å². The van der Waals surface area contributed by atoms with Crippen molar-refractivity contribution in [2.45, 2.75) is 20.3 Å². The van der Waals surface area contributed by atoms with Crippen LogP contribution < -0.4 is 5.32 Å². The molecular formula is C20H17ClF2N2O2. The molecule has 0 aliphatic carbocycles. The van der Waals surface area contributed by atoms with Gasteiger partial charge in [0.05, 0.1) is 21.8 Å². The van der Waals surface area contributed by atoms with Gasteiger partial charge in [-0.05, 0) is 23.8 Å². The highest BCUT2D eigenvalue weighted by Crippen LogP contribution is 2.28. The number of carbonyl (C=O) groups excluding carboxylic acids is 2. The molecule has 140 valence electrons. The molecule has 4 nitrogen and oxygen atoms in total. The zero-order valence-electron chi connectivity index (χ0n) is 14.7. The molecule has 0 spiro atoms. The van der Waals surface area contributed by atoms with Gasteiger partial charge in [0.25, 0.3) is 5.91 Å². The van der Waals surface area contributed by atoms with E-state index in [1.165, 1.54) is 24.4 Å². The quantitative estimate of drug-likeness (QED) is 0.635. The summed E-state index contributed by atoms with van der Waals surface area (Å²) in [5.74, 6) is -1.99. The Balaban J connectivity index is 1.86. The van der Waals surface area contributed by atoms with Gasteiger partial charge in [0.2, 0.25) is 0 Å². The molecular weight excluding hydrogens is 374 g/mol. The van der Waals surface area contributed by atoms with Crippen molar-refractivity contribution >= 4 is 39.9 Å². The largest absolute Gasteiger partial charge is 0.358 e. The first kappa shape index (κ1) is 19.0. The van der Waals surface area contributed by atoms with Crippen LogP contribution in [-0.2, 0) is 11.2 Å². The number of H-pyrrole nitrogens is 1. The van der Waals surface area contributed by atoms with Crippen molar-refractivity contribution in [2.75, 3.05) is 5.32 Å². The second kappa shape index (κ2) is 7.48. The van der Waals surface area contributed by atoms with Crippen LogP contribution in [-0.4, -0.2) is 16.7 Å². The maximum absolute atomic E-state index is 14.3. The number of carbonyl (C=O) groups is 2. The van der Waals surface area contributed by atoms with E-state index in [-0.39, 0.29) is 45.5 Å². The summed E-state index contributed by atoms with van der Waals surface area (Å²) in [5, 5.41) is 3.05. The van der Waals surface area contributed by atoms with Crippen molar-refractivity contribution in [1.29, 1.82) is 0 Å². The lowest BCUT2D eigenvalue weighted by Gasteiger charge is -2.11. The number of amides is 1. The summed E-state index contributed by atoms with van der Waals surface area (Å²) in [6.45, 7) is 3.47. The number of rotatable bonds is 5. The molecule has 0 saturated carbocycles. The normalized spacial score (nSPS) is 11.2. The Bertz CT molecular complexity index is 1040. The van der Waals surface area contributed by atoms with Crippen LogP contribution in [0.25, 0.3) is 10.9 Å². The van der Waals surface area contributed by atoms with E-state index in [0.29, 0.717) is 5.39 Å². The summed E-state index contributed by atoms with van der Waals surface area (Å²) >= 11 is 6.15. The summed E-state index contributed by atoms with van der Waals surface area (Å²) in [5.41, 5.74) is 0.666. The Kier molecular flexibility index (Phi) is 5.28. The van der Waals surface area contributed by atoms with E-state index < -0.39 is 17.5 Å². The number of Topliss-reactive ketones (excluding diaryl/α,β-unsaturated/α-hetero) is 1. The molecule has 0 atom stereocenters. The maximum Gasteiger partial charge on any atom is 0.257 e. The highest BCUT2D eigenvalue weighted by molar-refractivity contribution is 6.34. The van der Waals surface area contributed by atoms with Crippen molar-refractivity contribution < 1.29 is 18.4 Å². The van der Waals surface area contributed by atoms with Gasteiger partial charge in [-0.2, -0.15) is 0 Å². The average Bonchev–Trinajstić information content (AvgIpc) is 3.04. The molecule has 1 heterocycles. The van der Waals surface area contributed by atoms with E-state index in [9.17, 15) is 18.4 Å². The lowest BCUT2D eigenvalue weighted by Crippen LogP contribution is -2.14. The monoisotopic (exact) mass is 390 g/mol. The average molecular weight is 391 g/mol. The molecule has 1 aromatic heterocycles. The van der Waals surface area contributed by atoms with Gasteiger partial charge < -0.3 is 10.3 Å². The molecule has 0 radical (unpaired) electrons. The van der Waals surface area contributed by atoms with Gasteiger partial charge in [-0.3, -0.25) is 9.59 Å². The number of fused-ring (bicyclic) bond motifs is 1. The number of hydrogen-bond acceptors (Lipinski definition) is 2. The standard InChI is InChI=1S/C20H17ClF2N2O2/c1-10(2)18(26)7-11-6-14(21)17(8-16(11)23)25-20(27)13-9-24-19-12(13)4-3-5-15(19)22/h3-6,8-10,24H,7H2,1-2H3,(H,25,27). The highest BCUT2D eigenvalue weighted by atomic mass is 35.5. The number of halogens is 3. The van der Waals surface area contributed by atoms with E-state index in [4.69, 9.17) is 11.6 Å². The molecule has 2 aromatic carbocycles. The molecule has 0 fully saturated rings. The first-order valence-corrected chi connectivity index (χ1v) is 8.73. The summed E-state index contributed by atoms with van der Waals surface area (Å²) in [7, 11) is 0. The minimum atomic E-state index is -0.631. The van der Waals surface area contributed by atoms with Crippen LogP contribution in [0.5, 0.6) is 0 Å². The van der Waals surface area contributed by atoms with E-state index in [0.717, 1.165) is 6.07 Å². The van der Waals surface area contributed by atoms with Crippen molar-refractivity contribution in [3.8, 4) is 0 Å². The molecule has 2 N–H and O–H groups in total. The van der Waals surface area contributed by atoms with E-state index >= 15 is 0 Å². The van der Waals surface area contributed by atoms with Crippen LogP contribution in [0.1, 0.15) is 29.8 Å². The van der Waals surface area contributed by atoms with Gasteiger partial charge in [-0.1, -0.05) is 37.6 Å². The Morgan fingerprint density at radius 1 is 1.19 bits per heavy atom. The molecule has 0 aliphatic heterocycles. The van der Waals surface area contributed by atoms with Crippen LogP contribution in [0.15, 0.2) is 36.5 Å². The van der Waals surface area contributed by atoms with E-state index in [1.807, 2.05) is 0 Å². The zero-order chi connectivity index (χ0) is 19.7. The Hall–Kier alpha value is -2.73. The fraction of sp³-hybridized carbons (Fsp3) is 0.200. The van der Waals surface area contributed by atoms with Crippen LogP contribution in [0.3, 0.4) is 0 Å². The Labute approximate surface area is 159 Å². The molecule has 3 aromatic rings. The van der Waals surface area contributed by atoms with Crippen molar-refractivity contribution in [2.24, 2.45) is 5.92 Å². The summed E-state index contributed by atoms with van der Waals surface area (Å²) in [6.07, 6.45) is 1.31. The van der Waals surface area contributed by atoms with Gasteiger partial charge in [-0.15, -0.1) is 0 Å². The molecule has 0 unspecified atom stereocenters. The number of nitrogens with one attached hydrogen (secondary N) is 2. The summed E-state index contributed by atoms with van der Waals surface area (Å²) in [6, 6.07) is 6.80. The second-order valence-corrected chi connectivity index (χ2v) is 6.95. The van der Waals surface area contributed by atoms with Crippen LogP contribution >= 0.6 is 11.6 Å². The Morgan fingerprint density at radius 2 is 1.93 bits per heavy atom. The minimum absolute atomic E-state index is 0.0703. The molecule has 0 bridgehead atoms. The van der Waals surface area contributed by atoms with Crippen molar-refractivity contribution in [3.63, 3.8) is 0 Å². The SMILES string of the molecule is CC(C)C(=O)Cc1cc(Cl)c(NC(=O)c2c[nH]c3c(F)cccc23)cc1F. The van der Waals surface area contributed by atoms with Crippen molar-refractivity contribution in [1.82, 2.24) is 4.98 Å². The minimum Gasteiger partial charge on any atom is -0.358 e. The number of aromatic nitrogens is 1. The smallest absolute Gasteiger partial charge is 0.257 e. The molecule has 0 saturated heterocycles. The maximum atomic E-state index is 14.3. The zero-order valence-corrected chi connectivity index (χ0v) is 15.5. The third-order valence-electron chi connectivity index (χ3n) is 4.30. The van der Waals surface area contributed by atoms with Gasteiger partial charge in [-0.25, -0.2) is 8.78 Å². The Morgan fingerprint density at radius 3 is 2.63 bits per heavy atom. The van der Waals surface area contributed by atoms with Gasteiger partial charge >= 0.3 is 0 Å². The molecule has 1 amide bonds. The third-order valence-corrected chi connectivity index (χ3v) is 4.61. The number of anilines is 1. The fourth-order valence-electron chi connectivity index (χ4n) is 2.71. The summed E-state index contributed by atoms with van der Waals surface area (Å²) < 4.78 is 28.1. The molecule has 3 rings (SSSR count).